The predicted octanol–water partition coefficient (Wildman–Crippen LogP) is 3.49. The lowest BCUT2D eigenvalue weighted by Crippen LogP contribution is -2.33. The van der Waals surface area contributed by atoms with Crippen molar-refractivity contribution >= 4 is 5.97 Å². The second kappa shape index (κ2) is 4.97. The average molecular weight is 216 g/mol. The number of hydrogen-bond acceptors (Lipinski definition) is 3. The van der Waals surface area contributed by atoms with Crippen molar-refractivity contribution in [2.45, 2.75) is 54.4 Å². The van der Waals surface area contributed by atoms with Crippen LogP contribution in [0, 0.1) is 16.7 Å². The van der Waals surface area contributed by atoms with Crippen LogP contribution in [0.15, 0.2) is 0 Å². The van der Waals surface area contributed by atoms with Crippen LogP contribution in [0.2, 0.25) is 0 Å². The highest BCUT2D eigenvalue weighted by molar-refractivity contribution is 5.68. The number of rotatable bonds is 3. The van der Waals surface area contributed by atoms with Crippen molar-refractivity contribution in [3.05, 3.63) is 0 Å². The Balaban J connectivity index is 4.49. The number of carbonyl (C=O) groups excluding carboxylic acids is 1. The summed E-state index contributed by atoms with van der Waals surface area (Å²) in [5.74, 6) is -0.141. The fourth-order valence-corrected chi connectivity index (χ4v) is 2.47. The van der Waals surface area contributed by atoms with Crippen molar-refractivity contribution in [2.24, 2.45) is 16.7 Å². The molecule has 0 aromatic heterocycles. The summed E-state index contributed by atoms with van der Waals surface area (Å²) in [4.78, 5) is 14.6. The number of hydrogen-bond donors (Lipinski definition) is 1. The second-order valence-corrected chi connectivity index (χ2v) is 6.29. The lowest BCUT2D eigenvalue weighted by Gasteiger charge is -2.40. The molecule has 0 rings (SSSR count). The van der Waals surface area contributed by atoms with E-state index in [2.05, 4.69) is 46.4 Å². The molecule has 0 saturated carbocycles. The molecule has 3 heteroatoms. The molecule has 0 bridgehead atoms. The molecule has 0 aromatic carbocycles. The Labute approximate surface area is 92.8 Å². The van der Waals surface area contributed by atoms with E-state index in [1.807, 2.05) is 0 Å². The first kappa shape index (κ1) is 14.4. The van der Waals surface area contributed by atoms with Gasteiger partial charge in [-0.15, -0.1) is 0 Å². The SMILES string of the molecule is CC(C)(C)C(CCC(=O)OO)C(C)(C)C. The molecule has 1 N–H and O–H groups in total. The first-order valence-corrected chi connectivity index (χ1v) is 5.43. The standard InChI is InChI=1S/C12H24O3/c1-11(2,3)9(12(4,5)6)7-8-10(13)15-14/h9,14H,7-8H2,1-6H3. The molecule has 0 radical (unpaired) electrons. The minimum absolute atomic E-state index is 0.147. The summed E-state index contributed by atoms with van der Waals surface area (Å²) >= 11 is 0. The smallest absolute Gasteiger partial charge is 0.301 e. The molecule has 15 heavy (non-hydrogen) atoms. The first-order valence-electron chi connectivity index (χ1n) is 5.43. The molecule has 90 valence electrons. The fraction of sp³-hybridized carbons (Fsp3) is 0.917. The van der Waals surface area contributed by atoms with Gasteiger partial charge in [-0.1, -0.05) is 41.5 Å². The predicted molar refractivity (Wildman–Crippen MR) is 60.4 cm³/mol. The molecule has 0 fully saturated rings. The van der Waals surface area contributed by atoms with Crippen LogP contribution in [0.1, 0.15) is 54.4 Å². The van der Waals surface area contributed by atoms with E-state index in [-0.39, 0.29) is 17.3 Å². The van der Waals surface area contributed by atoms with Gasteiger partial charge in [-0.25, -0.2) is 4.79 Å². The van der Waals surface area contributed by atoms with E-state index < -0.39 is 5.97 Å². The number of carbonyl (C=O) groups is 1. The lowest BCUT2D eigenvalue weighted by atomic mass is 9.65. The summed E-state index contributed by atoms with van der Waals surface area (Å²) in [5.41, 5.74) is 0.294. The van der Waals surface area contributed by atoms with Gasteiger partial charge in [-0.05, 0) is 23.2 Å². The molecule has 0 aliphatic rings. The summed E-state index contributed by atoms with van der Waals surface area (Å²) in [6.07, 6.45) is 1.02. The van der Waals surface area contributed by atoms with Crippen molar-refractivity contribution in [3.8, 4) is 0 Å². The van der Waals surface area contributed by atoms with Crippen LogP contribution in [-0.2, 0) is 9.68 Å². The van der Waals surface area contributed by atoms with E-state index in [1.54, 1.807) is 0 Å². The van der Waals surface area contributed by atoms with Gasteiger partial charge in [0.15, 0.2) is 0 Å². The zero-order chi connectivity index (χ0) is 12.3. The highest BCUT2D eigenvalue weighted by Crippen LogP contribution is 2.42. The van der Waals surface area contributed by atoms with Crippen molar-refractivity contribution in [1.29, 1.82) is 0 Å². The molecule has 0 amide bonds. The highest BCUT2D eigenvalue weighted by atomic mass is 17.1. The van der Waals surface area contributed by atoms with E-state index in [9.17, 15) is 4.79 Å². The highest BCUT2D eigenvalue weighted by Gasteiger charge is 2.34. The van der Waals surface area contributed by atoms with Crippen LogP contribution in [0.3, 0.4) is 0 Å². The summed E-state index contributed by atoms with van der Waals surface area (Å²) < 4.78 is 0. The van der Waals surface area contributed by atoms with E-state index in [0.29, 0.717) is 5.92 Å². The van der Waals surface area contributed by atoms with Crippen LogP contribution in [0.25, 0.3) is 0 Å². The maximum atomic E-state index is 10.9. The maximum Gasteiger partial charge on any atom is 0.342 e. The summed E-state index contributed by atoms with van der Waals surface area (Å²) in [6, 6.07) is 0. The summed E-state index contributed by atoms with van der Waals surface area (Å²) in [6.45, 7) is 13.0. The van der Waals surface area contributed by atoms with E-state index in [1.165, 1.54) is 0 Å². The molecule has 0 spiro atoms. The van der Waals surface area contributed by atoms with Crippen LogP contribution in [-0.4, -0.2) is 11.2 Å². The van der Waals surface area contributed by atoms with E-state index in [4.69, 9.17) is 5.26 Å². The van der Waals surface area contributed by atoms with Gasteiger partial charge in [0.05, 0.1) is 0 Å². The van der Waals surface area contributed by atoms with Gasteiger partial charge in [0.2, 0.25) is 0 Å². The average Bonchev–Trinajstić information content (AvgIpc) is 1.99. The molecular formula is C12H24O3. The lowest BCUT2D eigenvalue weighted by molar-refractivity contribution is -0.234. The zero-order valence-electron chi connectivity index (χ0n) is 10.8. The van der Waals surface area contributed by atoms with Crippen molar-refractivity contribution in [1.82, 2.24) is 0 Å². The minimum atomic E-state index is -0.548. The quantitative estimate of drug-likeness (QED) is 0.580. The van der Waals surface area contributed by atoms with Crippen LogP contribution >= 0.6 is 0 Å². The largest absolute Gasteiger partial charge is 0.342 e. The Kier molecular flexibility index (Phi) is 4.78. The van der Waals surface area contributed by atoms with Gasteiger partial charge >= 0.3 is 5.97 Å². The van der Waals surface area contributed by atoms with Crippen LogP contribution in [0.4, 0.5) is 0 Å². The van der Waals surface area contributed by atoms with Crippen LogP contribution < -0.4 is 0 Å². The molecule has 0 saturated heterocycles. The van der Waals surface area contributed by atoms with Crippen molar-refractivity contribution in [2.75, 3.05) is 0 Å². The summed E-state index contributed by atoms with van der Waals surface area (Å²) in [7, 11) is 0. The molecule has 0 aromatic rings. The van der Waals surface area contributed by atoms with Gasteiger partial charge in [-0.2, -0.15) is 5.26 Å². The van der Waals surface area contributed by atoms with E-state index in [0.717, 1.165) is 6.42 Å². The first-order chi connectivity index (χ1) is 6.59. The third-order valence-corrected chi connectivity index (χ3v) is 2.83. The fourth-order valence-electron chi connectivity index (χ4n) is 2.47. The van der Waals surface area contributed by atoms with Gasteiger partial charge < -0.3 is 4.89 Å². The Morgan fingerprint density at radius 1 is 1.13 bits per heavy atom. The van der Waals surface area contributed by atoms with Gasteiger partial charge in [0.25, 0.3) is 0 Å². The molecule has 3 nitrogen and oxygen atoms in total. The normalized spacial score (nSPS) is 13.1. The molecule has 0 heterocycles. The molecular weight excluding hydrogens is 192 g/mol. The maximum absolute atomic E-state index is 10.9. The Hall–Kier alpha value is -0.570. The molecule has 0 unspecified atom stereocenters. The Bertz CT molecular complexity index is 194. The third kappa shape index (κ3) is 5.17. The summed E-state index contributed by atoms with van der Waals surface area (Å²) in [5, 5.41) is 8.20. The van der Waals surface area contributed by atoms with Gasteiger partial charge in [-0.3, -0.25) is 0 Å². The third-order valence-electron chi connectivity index (χ3n) is 2.83. The van der Waals surface area contributed by atoms with Gasteiger partial charge in [0, 0.05) is 6.42 Å². The Morgan fingerprint density at radius 3 is 1.80 bits per heavy atom. The monoisotopic (exact) mass is 216 g/mol. The topological polar surface area (TPSA) is 46.5 Å². The minimum Gasteiger partial charge on any atom is -0.301 e. The molecule has 0 aliphatic carbocycles. The Morgan fingerprint density at radius 2 is 1.53 bits per heavy atom. The van der Waals surface area contributed by atoms with Crippen molar-refractivity contribution < 1.29 is 14.9 Å². The molecule has 0 atom stereocenters. The van der Waals surface area contributed by atoms with E-state index >= 15 is 0 Å². The second-order valence-electron chi connectivity index (χ2n) is 6.29. The van der Waals surface area contributed by atoms with Gasteiger partial charge in [0.1, 0.15) is 0 Å². The van der Waals surface area contributed by atoms with Crippen LogP contribution in [0.5, 0.6) is 0 Å². The zero-order valence-corrected chi connectivity index (χ0v) is 10.8. The molecule has 0 aliphatic heterocycles. The van der Waals surface area contributed by atoms with Crippen molar-refractivity contribution in [3.63, 3.8) is 0 Å².